The molecule has 0 aliphatic heterocycles. The lowest BCUT2D eigenvalue weighted by Crippen LogP contribution is -2.16. The van der Waals surface area contributed by atoms with E-state index in [2.05, 4.69) is 15.0 Å². The molecule has 7 heteroatoms. The van der Waals surface area contributed by atoms with Crippen LogP contribution >= 0.6 is 23.1 Å². The maximum atomic E-state index is 13.1. The number of ketones is 2. The summed E-state index contributed by atoms with van der Waals surface area (Å²) in [6, 6.07) is 0. The van der Waals surface area contributed by atoms with Crippen LogP contribution in [0.25, 0.3) is 10.2 Å². The average Bonchev–Trinajstić information content (AvgIpc) is 3.26. The zero-order chi connectivity index (χ0) is 20.2. The predicted octanol–water partition coefficient (Wildman–Crippen LogP) is 5.00. The van der Waals surface area contributed by atoms with Crippen molar-refractivity contribution in [2.24, 2.45) is 0 Å². The van der Waals surface area contributed by atoms with Crippen molar-refractivity contribution in [2.45, 2.75) is 64.2 Å². The van der Waals surface area contributed by atoms with Gasteiger partial charge in [-0.3, -0.25) is 9.59 Å². The van der Waals surface area contributed by atoms with Gasteiger partial charge >= 0.3 is 0 Å². The van der Waals surface area contributed by atoms with Crippen LogP contribution < -0.4 is 0 Å². The molecule has 28 heavy (non-hydrogen) atoms. The Labute approximate surface area is 172 Å². The Morgan fingerprint density at radius 1 is 1.18 bits per heavy atom. The highest BCUT2D eigenvalue weighted by atomic mass is 32.2. The van der Waals surface area contributed by atoms with E-state index in [1.54, 1.807) is 11.3 Å². The van der Waals surface area contributed by atoms with Gasteiger partial charge in [0, 0.05) is 21.5 Å². The van der Waals surface area contributed by atoms with Gasteiger partial charge in [-0.1, -0.05) is 11.8 Å². The van der Waals surface area contributed by atoms with Crippen LogP contribution in [0.2, 0.25) is 0 Å². The van der Waals surface area contributed by atoms with E-state index in [1.165, 1.54) is 35.5 Å². The molecule has 146 valence electrons. The molecule has 5 nitrogen and oxygen atoms in total. The zero-order valence-corrected chi connectivity index (χ0v) is 18.4. The number of fused-ring (bicyclic) bond motifs is 3. The minimum Gasteiger partial charge on any atom is -0.355 e. The van der Waals surface area contributed by atoms with Crippen molar-refractivity contribution in [3.8, 4) is 0 Å². The second-order valence-corrected chi connectivity index (χ2v) is 9.83. The molecular weight excluding hydrogens is 390 g/mol. The van der Waals surface area contributed by atoms with Crippen LogP contribution in [0.15, 0.2) is 5.03 Å². The quantitative estimate of drug-likeness (QED) is 0.362. The highest BCUT2D eigenvalue weighted by Gasteiger charge is 2.27. The van der Waals surface area contributed by atoms with Gasteiger partial charge in [0.25, 0.3) is 0 Å². The first-order valence-corrected chi connectivity index (χ1v) is 11.2. The third kappa shape index (κ3) is 3.10. The molecule has 1 aliphatic carbocycles. The number of aryl methyl sites for hydroxylation is 4. The third-order valence-electron chi connectivity index (χ3n) is 5.34. The van der Waals surface area contributed by atoms with Crippen LogP contribution in [0.4, 0.5) is 0 Å². The number of nitrogens with one attached hydrogen (secondary N) is 1. The SMILES string of the molecule is CC(=O)c1c(C)[nH]c(C(=O)[C@@H](C)Sc2nc(C)nc3sc4c(c23)CCC4)c1C. The first kappa shape index (κ1) is 19.3. The number of carbonyl (C=O) groups excluding carboxylic acids is 2. The van der Waals surface area contributed by atoms with Crippen molar-refractivity contribution in [3.05, 3.63) is 38.8 Å². The summed E-state index contributed by atoms with van der Waals surface area (Å²) in [5.74, 6) is 0.710. The normalized spacial score (nSPS) is 14.5. The van der Waals surface area contributed by atoms with E-state index in [1.807, 2.05) is 27.7 Å². The third-order valence-corrected chi connectivity index (χ3v) is 7.61. The molecule has 1 N–H and O–H groups in total. The molecule has 0 bridgehead atoms. The largest absolute Gasteiger partial charge is 0.355 e. The van der Waals surface area contributed by atoms with E-state index >= 15 is 0 Å². The average molecular weight is 414 g/mol. The number of rotatable bonds is 5. The summed E-state index contributed by atoms with van der Waals surface area (Å²) in [6.07, 6.45) is 3.36. The van der Waals surface area contributed by atoms with Crippen LogP contribution in [0.1, 0.15) is 68.6 Å². The second kappa shape index (κ2) is 7.12. The molecule has 1 aliphatic rings. The van der Waals surface area contributed by atoms with Crippen molar-refractivity contribution >= 4 is 44.9 Å². The van der Waals surface area contributed by atoms with Gasteiger partial charge < -0.3 is 4.98 Å². The predicted molar refractivity (Wildman–Crippen MR) is 114 cm³/mol. The topological polar surface area (TPSA) is 75.7 Å². The minimum absolute atomic E-state index is 0.00519. The molecule has 3 heterocycles. The van der Waals surface area contributed by atoms with E-state index in [9.17, 15) is 9.59 Å². The summed E-state index contributed by atoms with van der Waals surface area (Å²) in [5.41, 5.74) is 4.01. The van der Waals surface area contributed by atoms with Gasteiger partial charge in [-0.15, -0.1) is 11.3 Å². The summed E-state index contributed by atoms with van der Waals surface area (Å²) in [6.45, 7) is 9.02. The van der Waals surface area contributed by atoms with Crippen molar-refractivity contribution in [1.82, 2.24) is 15.0 Å². The molecule has 3 aromatic rings. The van der Waals surface area contributed by atoms with E-state index < -0.39 is 0 Å². The molecular formula is C21H23N3O2S2. The number of aromatic amines is 1. The molecule has 0 aromatic carbocycles. The molecule has 0 fully saturated rings. The van der Waals surface area contributed by atoms with Crippen LogP contribution in [-0.4, -0.2) is 31.8 Å². The number of hydrogen-bond acceptors (Lipinski definition) is 6. The number of thioether (sulfide) groups is 1. The summed E-state index contributed by atoms with van der Waals surface area (Å²) in [5, 5.41) is 1.72. The molecule has 0 radical (unpaired) electrons. The lowest BCUT2D eigenvalue weighted by Gasteiger charge is -2.11. The van der Waals surface area contributed by atoms with Crippen LogP contribution in [0.5, 0.6) is 0 Å². The van der Waals surface area contributed by atoms with E-state index in [0.717, 1.165) is 45.2 Å². The standard InChI is InChI=1S/C21H23N3O2S2/c1-9-16(11(3)25)10(2)22-18(9)19(26)12(4)27-20-17-14-7-6-8-15(14)28-21(17)24-13(5)23-20/h12,22H,6-8H2,1-5H3/t12-/m1/s1. The Kier molecular flexibility index (Phi) is 4.91. The second-order valence-electron chi connectivity index (χ2n) is 7.42. The van der Waals surface area contributed by atoms with Crippen LogP contribution in [-0.2, 0) is 12.8 Å². The molecule has 1 atom stereocenters. The number of Topliss-reactive ketones (excluding diaryl/α,β-unsaturated/α-hetero) is 2. The van der Waals surface area contributed by atoms with Crippen molar-refractivity contribution in [2.75, 3.05) is 0 Å². The molecule has 0 spiro atoms. The van der Waals surface area contributed by atoms with Crippen LogP contribution in [0.3, 0.4) is 0 Å². The number of H-pyrrole nitrogens is 1. The lowest BCUT2D eigenvalue weighted by molar-refractivity contribution is 0.0988. The number of nitrogens with zero attached hydrogens (tertiary/aromatic N) is 2. The maximum Gasteiger partial charge on any atom is 0.192 e. The Bertz CT molecular complexity index is 1130. The van der Waals surface area contributed by atoms with Crippen molar-refractivity contribution in [3.63, 3.8) is 0 Å². The fourth-order valence-electron chi connectivity index (χ4n) is 4.10. The highest BCUT2D eigenvalue weighted by Crippen LogP contribution is 2.41. The van der Waals surface area contributed by atoms with E-state index in [4.69, 9.17) is 0 Å². The maximum absolute atomic E-state index is 13.1. The minimum atomic E-state index is -0.314. The van der Waals surface area contributed by atoms with E-state index in [-0.39, 0.29) is 16.8 Å². The molecule has 4 rings (SSSR count). The molecule has 0 saturated heterocycles. The number of thiophene rings is 1. The smallest absolute Gasteiger partial charge is 0.192 e. The highest BCUT2D eigenvalue weighted by molar-refractivity contribution is 8.00. The number of hydrogen-bond donors (Lipinski definition) is 1. The Morgan fingerprint density at radius 3 is 2.61 bits per heavy atom. The zero-order valence-electron chi connectivity index (χ0n) is 16.7. The van der Waals surface area contributed by atoms with E-state index in [0.29, 0.717) is 11.3 Å². The molecule has 0 saturated carbocycles. The van der Waals surface area contributed by atoms with Gasteiger partial charge in [0.2, 0.25) is 0 Å². The summed E-state index contributed by atoms with van der Waals surface area (Å²) < 4.78 is 0. The van der Waals surface area contributed by atoms with Gasteiger partial charge in [0.05, 0.1) is 10.9 Å². The monoisotopic (exact) mass is 413 g/mol. The first-order valence-electron chi connectivity index (χ1n) is 9.47. The van der Waals surface area contributed by atoms with Crippen molar-refractivity contribution in [1.29, 1.82) is 0 Å². The van der Waals surface area contributed by atoms with Gasteiger partial charge in [0.1, 0.15) is 15.7 Å². The van der Waals surface area contributed by atoms with Crippen LogP contribution in [0, 0.1) is 20.8 Å². The summed E-state index contributed by atoms with van der Waals surface area (Å²) in [7, 11) is 0. The summed E-state index contributed by atoms with van der Waals surface area (Å²) >= 11 is 3.26. The van der Waals surface area contributed by atoms with Gasteiger partial charge in [-0.2, -0.15) is 0 Å². The van der Waals surface area contributed by atoms with Gasteiger partial charge in [-0.05, 0) is 65.0 Å². The van der Waals surface area contributed by atoms with Crippen molar-refractivity contribution < 1.29 is 9.59 Å². The fraction of sp³-hybridized carbons (Fsp3) is 0.429. The Balaban J connectivity index is 1.69. The van der Waals surface area contributed by atoms with Gasteiger partial charge in [-0.25, -0.2) is 9.97 Å². The molecule has 0 amide bonds. The first-order chi connectivity index (χ1) is 13.3. The lowest BCUT2D eigenvalue weighted by atomic mass is 10.0. The fourth-order valence-corrected chi connectivity index (χ4v) is 6.55. The molecule has 3 aromatic heterocycles. The van der Waals surface area contributed by atoms with Gasteiger partial charge in [0.15, 0.2) is 11.6 Å². The molecule has 0 unspecified atom stereocenters. The number of aromatic nitrogens is 3. The summed E-state index contributed by atoms with van der Waals surface area (Å²) in [4.78, 5) is 39.9. The number of carbonyl (C=O) groups is 2. The Hall–Kier alpha value is -1.99. The Morgan fingerprint density at radius 2 is 1.93 bits per heavy atom.